The maximum atomic E-state index is 14.8. The molecule has 2 aromatic carbocycles. The lowest BCUT2D eigenvalue weighted by Gasteiger charge is -2.37. The Balaban J connectivity index is 0.000000218. The number of amides is 8. The monoisotopic (exact) mass is 1560 g/mol. The van der Waals surface area contributed by atoms with Gasteiger partial charge in [-0.15, -0.1) is 0 Å². The topological polar surface area (TPSA) is 373 Å². The number of nitrogens with one attached hydrogen (secondary N) is 8. The second kappa shape index (κ2) is 36.8. The Morgan fingerprint density at radius 1 is 0.536 bits per heavy atom. The highest BCUT2D eigenvalue weighted by atomic mass is 35.5. The number of pyridine rings is 2. The van der Waals surface area contributed by atoms with Crippen molar-refractivity contribution in [2.45, 2.75) is 263 Å². The first-order valence-electron chi connectivity index (χ1n) is 39.1. The van der Waals surface area contributed by atoms with Crippen LogP contribution in [0.2, 0.25) is 10.0 Å². The minimum Gasteiger partial charge on any atom is -0.472 e. The van der Waals surface area contributed by atoms with Crippen LogP contribution in [0.4, 0.5) is 12.0 Å². The van der Waals surface area contributed by atoms with Crippen LogP contribution >= 0.6 is 23.2 Å². The number of carbonyl (C=O) groups excluding carboxylic acids is 9. The first-order chi connectivity index (χ1) is 52.6. The molecule has 4 aliphatic carbocycles. The number of oxazole rings is 2. The number of Topliss-reactive ketones (excluding diaryl/α,β-unsaturated/α-hetero) is 1. The predicted octanol–water partition coefficient (Wildman–Crippen LogP) is 9.69. The summed E-state index contributed by atoms with van der Waals surface area (Å²) in [6.07, 6.45) is 14.8. The number of para-hydroxylation sites is 4. The molecule has 8 amide bonds. The molecule has 12 rings (SSSR count). The van der Waals surface area contributed by atoms with Gasteiger partial charge in [0.2, 0.25) is 53.0 Å². The molecule has 0 radical (unpaired) electrons. The van der Waals surface area contributed by atoms with Crippen molar-refractivity contribution in [3.8, 4) is 11.8 Å². The zero-order chi connectivity index (χ0) is 78.6. The highest BCUT2D eigenvalue weighted by Crippen LogP contribution is 2.36. The number of anilines is 2. The second-order valence-electron chi connectivity index (χ2n) is 32.3. The third-order valence-electron chi connectivity index (χ3n) is 21.3. The fraction of sp³-hybridized carbons (Fsp3) is 0.588. The molecule has 0 bridgehead atoms. The number of halogens is 2. The normalized spacial score (nSPS) is 21.0. The van der Waals surface area contributed by atoms with Crippen LogP contribution in [-0.4, -0.2) is 180 Å². The molecule has 6 aromatic rings. The van der Waals surface area contributed by atoms with E-state index in [1.54, 1.807) is 24.3 Å². The third kappa shape index (κ3) is 21.7. The Bertz CT molecular complexity index is 4120. The van der Waals surface area contributed by atoms with Crippen molar-refractivity contribution in [3.63, 3.8) is 0 Å². The summed E-state index contributed by atoms with van der Waals surface area (Å²) >= 11 is 12.1. The summed E-state index contributed by atoms with van der Waals surface area (Å²) in [5.41, 5.74) is 0.937. The lowest BCUT2D eigenvalue weighted by atomic mass is 9.82. The van der Waals surface area contributed by atoms with E-state index in [2.05, 4.69) is 62.5 Å². The zero-order valence-corrected chi connectivity index (χ0v) is 65.5. The largest absolute Gasteiger partial charge is 0.472 e. The number of fused-ring (bicyclic) bond motifs is 2. The van der Waals surface area contributed by atoms with Crippen LogP contribution in [0.3, 0.4) is 0 Å². The molecule has 6 heterocycles. The summed E-state index contributed by atoms with van der Waals surface area (Å²) in [4.78, 5) is 146. The minimum atomic E-state index is -1.47. The van der Waals surface area contributed by atoms with E-state index in [0.717, 1.165) is 89.9 Å². The quantitative estimate of drug-likeness (QED) is 0.0189. The van der Waals surface area contributed by atoms with Crippen molar-refractivity contribution in [1.82, 2.24) is 61.6 Å². The number of aliphatic hydroxyl groups is 1. The summed E-state index contributed by atoms with van der Waals surface area (Å²) in [6.45, 7) is 14.9. The number of nitrogens with zero attached hydrogens (tertiary/aromatic N) is 6. The molecule has 2 saturated heterocycles. The number of benzene rings is 2. The van der Waals surface area contributed by atoms with Crippen molar-refractivity contribution < 1.29 is 66.6 Å². The number of aliphatic hydroxyl groups excluding tert-OH is 1. The molecular weight excluding hydrogens is 1450 g/mol. The smallest absolute Gasteiger partial charge is 0.296 e. The van der Waals surface area contributed by atoms with E-state index in [9.17, 15) is 48.3 Å². The highest BCUT2D eigenvalue weighted by molar-refractivity contribution is 6.38. The van der Waals surface area contributed by atoms with Crippen molar-refractivity contribution in [3.05, 3.63) is 95.2 Å². The molecule has 1 unspecified atom stereocenters. The Morgan fingerprint density at radius 3 is 1.36 bits per heavy atom. The number of carbonyl (C=O) groups is 9. The van der Waals surface area contributed by atoms with Crippen molar-refractivity contribution in [1.29, 1.82) is 0 Å². The Kier molecular flexibility index (Phi) is 27.4. The van der Waals surface area contributed by atoms with Crippen LogP contribution < -0.4 is 52.0 Å². The van der Waals surface area contributed by atoms with E-state index in [-0.39, 0.29) is 91.9 Å². The summed E-state index contributed by atoms with van der Waals surface area (Å²) < 4.78 is 24.2. The standard InChI is InChI=1S/C40H54ClN7O7.C40H52ClN7O7/c2*1-5-11-28(33(49)37(52)43-25-17-18-25)44-35(50)29-20-26(54-31-19-16-24(41)21-42-31)22-48(29)38(53)34(40(2,3)4)47-36(51)32(23-12-7-6-8-13-23)46-39-45-27-14-9-10-15-30(27)55-39/h9-10,14-16,19,21,23,25-26,28-29,32-34,49H,5-8,11-13,17-18,20,22H2,1-4H3,(H,43,52)(H,44,50)(H,45,46)(H,47,51);9-10,14-16,19,21,23,25-26,28-29,32,34H,5-8,11-13,17-18,20,22H2,1-4H3,(H,43,52)(H,44,50)(H,45,46)(H,47,51)/t26-,28+,29+,32+,33?,34-;26-,28+,29+,32+,34-/m11/s1. The number of rotatable bonds is 30. The van der Waals surface area contributed by atoms with Gasteiger partial charge in [-0.3, -0.25) is 43.2 Å². The van der Waals surface area contributed by atoms with E-state index in [1.807, 2.05) is 104 Å². The van der Waals surface area contributed by atoms with E-state index < -0.39 is 119 Å². The molecule has 0 spiro atoms. The average molecular weight is 1560 g/mol. The summed E-state index contributed by atoms with van der Waals surface area (Å²) in [5, 5.41) is 35.7. The van der Waals surface area contributed by atoms with Crippen molar-refractivity contribution >= 4 is 110 Å². The zero-order valence-electron chi connectivity index (χ0n) is 64.0. The van der Waals surface area contributed by atoms with Gasteiger partial charge in [-0.2, -0.15) is 9.97 Å². The lowest BCUT2D eigenvalue weighted by molar-refractivity contribution is -0.145. The van der Waals surface area contributed by atoms with Crippen LogP contribution in [-0.2, 0) is 43.2 Å². The fourth-order valence-electron chi connectivity index (χ4n) is 15.0. The SMILES string of the molecule is CCC[C@H](NC(=O)[C@@H]1C[C@@H](Oc2ccc(Cl)cn2)CN1C(=O)[C@@H](NC(=O)[C@@H](Nc1nc2ccccc2o1)C1CCCCC1)C(C)(C)C)C(=O)C(=O)NC1CC1.CCC[C@H](NC(=O)[C@@H]1C[C@@H](Oc2ccc(Cl)cn2)CN1C(=O)[C@@H](NC(=O)[C@@H](Nc1nc2ccccc2o1)C1CCCCC1)C(C)(C)C)C(O)C(=O)NC1CC1. The van der Waals surface area contributed by atoms with Gasteiger partial charge >= 0.3 is 0 Å². The molecule has 594 valence electrons. The molecule has 2 aliphatic heterocycles. The Hall–Kier alpha value is -9.15. The van der Waals surface area contributed by atoms with Gasteiger partial charge in [0, 0.05) is 49.5 Å². The second-order valence-corrected chi connectivity index (χ2v) is 33.2. The van der Waals surface area contributed by atoms with Gasteiger partial charge in [-0.05, 0) is 123 Å². The van der Waals surface area contributed by atoms with Gasteiger partial charge < -0.3 is 75.7 Å². The summed E-state index contributed by atoms with van der Waals surface area (Å²) in [5.74, 6) is -4.31. The minimum absolute atomic E-state index is 0.00540. The lowest BCUT2D eigenvalue weighted by Crippen LogP contribution is -2.61. The number of hydrogen-bond donors (Lipinski definition) is 9. The van der Waals surface area contributed by atoms with Gasteiger partial charge in [0.05, 0.1) is 35.2 Å². The molecule has 11 atom stereocenters. The summed E-state index contributed by atoms with van der Waals surface area (Å²) in [6, 6.07) is 14.1. The predicted molar refractivity (Wildman–Crippen MR) is 413 cm³/mol. The number of likely N-dealkylation sites (tertiary alicyclic amines) is 2. The van der Waals surface area contributed by atoms with Gasteiger partial charge in [-0.1, -0.05) is 154 Å². The maximum Gasteiger partial charge on any atom is 0.296 e. The van der Waals surface area contributed by atoms with Crippen LogP contribution in [0.1, 0.15) is 184 Å². The Labute approximate surface area is 651 Å². The first kappa shape index (κ1) is 81.8. The number of ketones is 1. The van der Waals surface area contributed by atoms with Crippen molar-refractivity contribution in [2.24, 2.45) is 22.7 Å². The molecule has 6 aliphatic rings. The van der Waals surface area contributed by atoms with Gasteiger partial charge in [0.1, 0.15) is 59.5 Å². The molecule has 6 fully saturated rings. The third-order valence-corrected chi connectivity index (χ3v) is 21.7. The molecule has 110 heavy (non-hydrogen) atoms. The van der Waals surface area contributed by atoms with Gasteiger partial charge in [0.25, 0.3) is 23.8 Å². The molecule has 4 aromatic heterocycles. The first-order valence-corrected chi connectivity index (χ1v) is 39.8. The number of aromatic nitrogens is 4. The van der Waals surface area contributed by atoms with Gasteiger partial charge in [-0.25, -0.2) is 9.97 Å². The van der Waals surface area contributed by atoms with Crippen LogP contribution in [0.5, 0.6) is 11.8 Å². The van der Waals surface area contributed by atoms with E-state index in [4.69, 9.17) is 41.5 Å². The van der Waals surface area contributed by atoms with Crippen LogP contribution in [0.25, 0.3) is 22.2 Å². The molecular formula is C80H106Cl2N14O14. The van der Waals surface area contributed by atoms with Gasteiger partial charge in [0.15, 0.2) is 17.3 Å². The maximum absolute atomic E-state index is 14.8. The molecule has 4 saturated carbocycles. The van der Waals surface area contributed by atoms with Crippen LogP contribution in [0.15, 0.2) is 94.0 Å². The van der Waals surface area contributed by atoms with Crippen molar-refractivity contribution in [2.75, 3.05) is 23.7 Å². The summed E-state index contributed by atoms with van der Waals surface area (Å²) in [7, 11) is 0. The fourth-order valence-corrected chi connectivity index (χ4v) is 15.2. The number of ether oxygens (including phenoxy) is 2. The molecule has 30 heteroatoms. The van der Waals surface area contributed by atoms with E-state index in [0.29, 0.717) is 51.5 Å². The number of hydrogen-bond acceptors (Lipinski definition) is 20. The van der Waals surface area contributed by atoms with E-state index >= 15 is 0 Å². The molecule has 9 N–H and O–H groups in total. The van der Waals surface area contributed by atoms with E-state index in [1.165, 1.54) is 22.2 Å². The Morgan fingerprint density at radius 2 is 0.964 bits per heavy atom. The average Bonchev–Trinajstić information content (AvgIpc) is 1.62. The van der Waals surface area contributed by atoms with Crippen LogP contribution in [0, 0.1) is 22.7 Å². The molecule has 28 nitrogen and oxygen atoms in total. The highest BCUT2D eigenvalue weighted by Gasteiger charge is 2.50.